The minimum atomic E-state index is -1.11. The lowest BCUT2D eigenvalue weighted by atomic mass is 10.9. The van der Waals surface area contributed by atoms with Crippen molar-refractivity contribution in [1.29, 1.82) is 0 Å². The molecule has 1 unspecified atom stereocenters. The monoisotopic (exact) mass is 814 g/mol. The number of carbonyl (C=O) groups excluding carboxylic acids is 2. The second-order valence-corrected chi connectivity index (χ2v) is 19.3. The zero-order valence-corrected chi connectivity index (χ0v) is 32.2. The Labute approximate surface area is 298 Å². The van der Waals surface area contributed by atoms with E-state index in [2.05, 4.69) is 20.6 Å². The average Bonchev–Trinajstić information content (AvgIpc) is 3.00. The van der Waals surface area contributed by atoms with Gasteiger partial charge in [-0.1, -0.05) is 11.8 Å². The van der Waals surface area contributed by atoms with E-state index in [1.54, 1.807) is 47.0 Å². The second-order valence-electron chi connectivity index (χ2n) is 6.55. The molecule has 23 heteroatoms. The van der Waals surface area contributed by atoms with Crippen LogP contribution in [0, 0.1) is 0 Å². The van der Waals surface area contributed by atoms with Crippen LogP contribution < -0.4 is 10.6 Å². The summed E-state index contributed by atoms with van der Waals surface area (Å²) in [4.78, 5) is 41.2. The summed E-state index contributed by atoms with van der Waals surface area (Å²) >= 11 is 14.8. The molecule has 2 amide bonds. The van der Waals surface area contributed by atoms with Gasteiger partial charge >= 0.3 is 6.09 Å². The zero-order chi connectivity index (χ0) is 31.5. The molecule has 0 heterocycles. The van der Waals surface area contributed by atoms with Gasteiger partial charge in [0.05, 0.1) is 51.7 Å². The van der Waals surface area contributed by atoms with Gasteiger partial charge in [0.15, 0.2) is 0 Å². The van der Waals surface area contributed by atoms with Gasteiger partial charge in [-0.3, -0.25) is 14.0 Å². The van der Waals surface area contributed by atoms with Crippen molar-refractivity contribution in [3.63, 3.8) is 0 Å². The number of ether oxygens (including phenoxy) is 1. The lowest BCUT2D eigenvalue weighted by Gasteiger charge is -2.06. The molecular formula is C20H38N4O8S11. The van der Waals surface area contributed by atoms with E-state index in [-0.39, 0.29) is 23.1 Å². The number of hydrogen-bond acceptors (Lipinski definition) is 20. The molecule has 0 fully saturated rings. The molecule has 0 aliphatic rings. The van der Waals surface area contributed by atoms with Crippen LogP contribution in [0.15, 0.2) is 9.98 Å². The van der Waals surface area contributed by atoms with Crippen LogP contribution in [0.3, 0.4) is 0 Å². The van der Waals surface area contributed by atoms with Gasteiger partial charge in [0.2, 0.25) is 6.40 Å². The third kappa shape index (κ3) is 37.7. The van der Waals surface area contributed by atoms with Gasteiger partial charge in [-0.15, -0.1) is 94.1 Å². The summed E-state index contributed by atoms with van der Waals surface area (Å²) in [5.74, 6) is 5.52. The summed E-state index contributed by atoms with van der Waals surface area (Å²) in [7, 11) is -1.11. The first-order valence-corrected chi connectivity index (χ1v) is 24.7. The maximum atomic E-state index is 12.0. The van der Waals surface area contributed by atoms with Crippen molar-refractivity contribution >= 4 is 152 Å². The Morgan fingerprint density at radius 3 is 2.12 bits per heavy atom. The molecule has 0 saturated heterocycles. The summed E-state index contributed by atoms with van der Waals surface area (Å²) < 4.78 is 17.0. The lowest BCUT2D eigenvalue weighted by Crippen LogP contribution is -2.23. The normalized spacial score (nSPS) is 12.1. The maximum Gasteiger partial charge on any atom is 0.408 e. The van der Waals surface area contributed by atoms with Gasteiger partial charge < -0.3 is 30.5 Å². The quantitative estimate of drug-likeness (QED) is 0.0185. The van der Waals surface area contributed by atoms with Crippen molar-refractivity contribution in [2.24, 2.45) is 9.98 Å². The number of hydrogen-bond donors (Lipinski definition) is 4. The average molecular weight is 815 g/mol. The van der Waals surface area contributed by atoms with Crippen molar-refractivity contribution in [2.45, 2.75) is 0 Å². The first kappa shape index (κ1) is 44.4. The molecule has 0 aromatic heterocycles. The van der Waals surface area contributed by atoms with Crippen molar-refractivity contribution in [1.82, 2.24) is 10.6 Å². The van der Waals surface area contributed by atoms with E-state index in [0.29, 0.717) is 46.0 Å². The number of carbonyl (C=O) groups is 2. The highest BCUT2D eigenvalue weighted by Crippen LogP contribution is 2.14. The van der Waals surface area contributed by atoms with Crippen LogP contribution in [0.5, 0.6) is 0 Å². The molecule has 0 aromatic rings. The van der Waals surface area contributed by atoms with Crippen LogP contribution >= 0.6 is 118 Å². The fourth-order valence-electron chi connectivity index (χ4n) is 1.81. The van der Waals surface area contributed by atoms with E-state index < -0.39 is 16.9 Å². The number of aliphatic imine (C=N–C) groups is 2. The van der Waals surface area contributed by atoms with Crippen molar-refractivity contribution < 1.29 is 38.5 Å². The molecule has 43 heavy (non-hydrogen) atoms. The SMILES string of the molecule is O=C(NCSCSCN=CS(=O)CCSCCSC(=O)NCSCSCN=COOCSCSCO)OCSCSCO. The lowest BCUT2D eigenvalue weighted by molar-refractivity contribution is -0.196. The predicted molar refractivity (Wildman–Crippen MR) is 204 cm³/mol. The van der Waals surface area contributed by atoms with Crippen molar-refractivity contribution in [2.75, 3.05) is 90.6 Å². The Bertz CT molecular complexity index is 751. The third-order valence-corrected chi connectivity index (χ3v) is 14.4. The van der Waals surface area contributed by atoms with E-state index in [0.717, 1.165) is 26.8 Å². The highest BCUT2D eigenvalue weighted by atomic mass is 32.2. The van der Waals surface area contributed by atoms with Crippen LogP contribution in [-0.2, 0) is 25.3 Å². The van der Waals surface area contributed by atoms with Crippen LogP contribution in [0.2, 0.25) is 0 Å². The number of alkyl carbamates (subject to hydrolysis) is 1. The molecule has 0 aliphatic carbocycles. The van der Waals surface area contributed by atoms with Gasteiger partial charge in [0.1, 0.15) is 11.9 Å². The summed E-state index contributed by atoms with van der Waals surface area (Å²) in [6.45, 7) is 0. The smallest absolute Gasteiger partial charge is 0.408 e. The van der Waals surface area contributed by atoms with Crippen molar-refractivity contribution in [3.05, 3.63) is 0 Å². The summed E-state index contributed by atoms with van der Waals surface area (Å²) in [6, 6.07) is 0. The number of thioether (sulfide) groups is 10. The molecule has 0 aliphatic heterocycles. The van der Waals surface area contributed by atoms with E-state index in [1.165, 1.54) is 82.5 Å². The van der Waals surface area contributed by atoms with Gasteiger partial charge in [-0.25, -0.2) is 9.79 Å². The molecule has 1 atom stereocenters. The summed E-state index contributed by atoms with van der Waals surface area (Å²) in [6.07, 6.45) is 0.793. The number of nitrogens with one attached hydrogen (secondary N) is 2. The third-order valence-electron chi connectivity index (χ3n) is 3.49. The fraction of sp³-hybridized carbons (Fsp3) is 0.800. The highest BCUT2D eigenvalue weighted by molar-refractivity contribution is 8.17. The molecule has 0 rings (SSSR count). The van der Waals surface area contributed by atoms with Crippen LogP contribution in [0.25, 0.3) is 0 Å². The number of rotatable bonds is 31. The van der Waals surface area contributed by atoms with Gasteiger partial charge in [-0.2, -0.15) is 16.6 Å². The van der Waals surface area contributed by atoms with Crippen LogP contribution in [0.4, 0.5) is 9.59 Å². The van der Waals surface area contributed by atoms with Gasteiger partial charge in [0.25, 0.3) is 5.24 Å². The molecule has 12 nitrogen and oxygen atoms in total. The highest BCUT2D eigenvalue weighted by Gasteiger charge is 2.03. The topological polar surface area (TPSA) is 168 Å². The zero-order valence-electron chi connectivity index (χ0n) is 23.2. The molecule has 0 aromatic carbocycles. The van der Waals surface area contributed by atoms with Gasteiger partial charge in [-0.05, 0) is 0 Å². The minimum absolute atomic E-state index is 0.0531. The largest absolute Gasteiger partial charge is 0.438 e. The maximum absolute atomic E-state index is 12.0. The molecule has 0 bridgehead atoms. The van der Waals surface area contributed by atoms with E-state index in [9.17, 15) is 13.8 Å². The Hall–Kier alpha value is 1.41. The van der Waals surface area contributed by atoms with E-state index in [1.807, 2.05) is 0 Å². The Balaban J connectivity index is 3.42. The van der Waals surface area contributed by atoms with E-state index >= 15 is 0 Å². The molecule has 0 radical (unpaired) electrons. The van der Waals surface area contributed by atoms with Crippen LogP contribution in [-0.4, -0.2) is 128 Å². The molecule has 4 N–H and O–H groups in total. The number of nitrogens with zero attached hydrogens (tertiary/aromatic N) is 2. The number of amides is 2. The van der Waals surface area contributed by atoms with Crippen molar-refractivity contribution in [3.8, 4) is 0 Å². The molecule has 252 valence electrons. The van der Waals surface area contributed by atoms with E-state index in [4.69, 9.17) is 24.7 Å². The summed E-state index contributed by atoms with van der Waals surface area (Å²) in [5, 5.41) is 25.6. The standard InChI is InChI=1S/C20H38N4O8S11/c25-11-38-17-40-13-30-19(27)23-8-36-16-35-7-22-10-43(29)4-3-33-1-2-42-20(28)24-9-37-15-34-6-21-5-31-32-14-41-18-39-12-26/h5,10,25-26H,1-4,6-9,11-18H2,(H,23,27)(H,24,28). The first-order valence-electron chi connectivity index (χ1n) is 12.0. The number of aliphatic hydroxyl groups is 2. The number of aliphatic hydroxyl groups excluding tert-OH is 2. The Morgan fingerprint density at radius 2 is 1.40 bits per heavy atom. The Kier molecular flexibility index (Phi) is 39.1. The second kappa shape index (κ2) is 37.9. The van der Waals surface area contributed by atoms with Crippen LogP contribution in [0.1, 0.15) is 0 Å². The summed E-state index contributed by atoms with van der Waals surface area (Å²) in [5.41, 5.74) is 1.48. The fourth-order valence-corrected chi connectivity index (χ4v) is 10.2. The Morgan fingerprint density at radius 1 is 0.744 bits per heavy atom. The van der Waals surface area contributed by atoms with Gasteiger partial charge in [0, 0.05) is 43.4 Å². The minimum Gasteiger partial charge on any atom is -0.438 e. The molecule has 0 spiro atoms. The molecular weight excluding hydrogens is 777 g/mol. The predicted octanol–water partition coefficient (Wildman–Crippen LogP) is 4.98. The molecule has 0 saturated carbocycles. The first-order chi connectivity index (χ1) is 21.1.